The van der Waals surface area contributed by atoms with Crippen LogP contribution in [0.2, 0.25) is 0 Å². The summed E-state index contributed by atoms with van der Waals surface area (Å²) in [5.41, 5.74) is 0. The lowest BCUT2D eigenvalue weighted by Crippen LogP contribution is -2.43. The van der Waals surface area contributed by atoms with E-state index in [-0.39, 0.29) is 12.7 Å². The first-order valence-corrected chi connectivity index (χ1v) is 15.9. The maximum Gasteiger partial charge on any atom is 0.477 e. The third-order valence-electron chi connectivity index (χ3n) is 6.53. The number of ether oxygens (including phenoxy) is 3. The summed E-state index contributed by atoms with van der Waals surface area (Å²) in [5, 5.41) is 0. The molecule has 0 aliphatic carbocycles. The number of phosphoric acid groups is 1. The van der Waals surface area contributed by atoms with Crippen molar-refractivity contribution in [2.45, 2.75) is 128 Å². The van der Waals surface area contributed by atoms with Gasteiger partial charge in [-0.15, -0.1) is 0 Å². The summed E-state index contributed by atoms with van der Waals surface area (Å²) in [6, 6.07) is 0. The molecule has 1 N–H and O–H groups in total. The van der Waals surface area contributed by atoms with Crippen LogP contribution in [0.15, 0.2) is 0 Å². The van der Waals surface area contributed by atoms with E-state index in [0.717, 1.165) is 12.8 Å². The van der Waals surface area contributed by atoms with Crippen molar-refractivity contribution in [1.82, 2.24) is 0 Å². The van der Waals surface area contributed by atoms with Gasteiger partial charge < -0.3 is 23.6 Å². The van der Waals surface area contributed by atoms with E-state index in [1.807, 2.05) is 21.1 Å². The van der Waals surface area contributed by atoms with Gasteiger partial charge in [-0.2, -0.15) is 0 Å². The van der Waals surface area contributed by atoms with Crippen LogP contribution in [0.25, 0.3) is 0 Å². The Morgan fingerprint density at radius 2 is 1.33 bits per heavy atom. The molecule has 2 unspecified atom stereocenters. The summed E-state index contributed by atoms with van der Waals surface area (Å²) in [5.74, 6) is 0. The number of hydrogen-bond donors (Lipinski definition) is 1. The van der Waals surface area contributed by atoms with Gasteiger partial charge in [0, 0.05) is 7.11 Å². The molecule has 0 spiro atoms. The summed E-state index contributed by atoms with van der Waals surface area (Å²) < 4.78 is 39.8. The molecule has 9 heteroatoms. The molecule has 36 heavy (non-hydrogen) atoms. The van der Waals surface area contributed by atoms with Crippen LogP contribution in [-0.2, 0) is 27.8 Å². The SMILES string of the molecule is CCCCCCCCCCCCCCCCC[C@H]1CO[C@H](OP(=O)(O)OC(C[N+](C)(C)C)OC)CO1. The Labute approximate surface area is 221 Å². The van der Waals surface area contributed by atoms with Gasteiger partial charge in [-0.1, -0.05) is 103 Å². The molecule has 0 aromatic heterocycles. The lowest BCUT2D eigenvalue weighted by atomic mass is 10.0. The van der Waals surface area contributed by atoms with Crippen LogP contribution >= 0.6 is 7.82 Å². The number of quaternary nitrogens is 1. The Kier molecular flexibility index (Phi) is 18.8. The van der Waals surface area contributed by atoms with Gasteiger partial charge in [0.2, 0.25) is 6.29 Å². The monoisotopic (exact) mass is 538 g/mol. The third-order valence-corrected chi connectivity index (χ3v) is 7.53. The molecular formula is C27H57NO7P+. The van der Waals surface area contributed by atoms with Crippen molar-refractivity contribution >= 4 is 7.82 Å². The Bertz CT molecular complexity index is 565. The van der Waals surface area contributed by atoms with E-state index in [4.69, 9.17) is 23.3 Å². The second kappa shape index (κ2) is 19.9. The first-order chi connectivity index (χ1) is 17.1. The molecule has 4 atom stereocenters. The van der Waals surface area contributed by atoms with Crippen LogP contribution in [-0.4, -0.2) is 76.1 Å². The summed E-state index contributed by atoms with van der Waals surface area (Å²) in [4.78, 5) is 10.1. The Morgan fingerprint density at radius 1 is 0.833 bits per heavy atom. The number of rotatable bonds is 23. The molecule has 1 fully saturated rings. The second-order valence-electron chi connectivity index (χ2n) is 11.3. The molecule has 1 rings (SSSR count). The van der Waals surface area contributed by atoms with Crippen LogP contribution in [0.3, 0.4) is 0 Å². The van der Waals surface area contributed by atoms with Gasteiger partial charge in [0.1, 0.15) is 6.54 Å². The highest BCUT2D eigenvalue weighted by Gasteiger charge is 2.35. The molecule has 0 aromatic carbocycles. The Morgan fingerprint density at radius 3 is 1.75 bits per heavy atom. The zero-order valence-corrected chi connectivity index (χ0v) is 24.9. The van der Waals surface area contributed by atoms with Gasteiger partial charge >= 0.3 is 7.82 Å². The van der Waals surface area contributed by atoms with Crippen LogP contribution in [0.5, 0.6) is 0 Å². The fraction of sp³-hybridized carbons (Fsp3) is 1.00. The summed E-state index contributed by atoms with van der Waals surface area (Å²) in [6.45, 7) is 3.14. The van der Waals surface area contributed by atoms with Crippen molar-refractivity contribution in [3.8, 4) is 0 Å². The predicted molar refractivity (Wildman–Crippen MR) is 145 cm³/mol. The molecule has 1 aliphatic rings. The lowest BCUT2D eigenvalue weighted by Gasteiger charge is -2.32. The minimum Gasteiger partial charge on any atom is -0.371 e. The van der Waals surface area contributed by atoms with Gasteiger partial charge in [0.15, 0.2) is 6.29 Å². The highest BCUT2D eigenvalue weighted by atomic mass is 31.2. The van der Waals surface area contributed by atoms with Gasteiger partial charge in [-0.3, -0.25) is 9.05 Å². The minimum absolute atomic E-state index is 0.00994. The first kappa shape index (κ1) is 34.0. The summed E-state index contributed by atoms with van der Waals surface area (Å²) >= 11 is 0. The van der Waals surface area contributed by atoms with Crippen molar-refractivity contribution in [2.24, 2.45) is 0 Å². The van der Waals surface area contributed by atoms with Gasteiger partial charge in [-0.05, 0) is 6.42 Å². The van der Waals surface area contributed by atoms with Crippen LogP contribution in [0.4, 0.5) is 0 Å². The van der Waals surface area contributed by atoms with Crippen molar-refractivity contribution in [1.29, 1.82) is 0 Å². The van der Waals surface area contributed by atoms with Crippen molar-refractivity contribution < 1.29 is 37.2 Å². The van der Waals surface area contributed by atoms with Gasteiger partial charge in [0.25, 0.3) is 0 Å². The molecular weight excluding hydrogens is 481 g/mol. The Hall–Kier alpha value is -0.0500. The van der Waals surface area contributed by atoms with Crippen LogP contribution in [0, 0.1) is 0 Å². The molecule has 0 radical (unpaired) electrons. The quantitative estimate of drug-likeness (QED) is 0.0663. The molecule has 8 nitrogen and oxygen atoms in total. The number of nitrogens with zero attached hydrogens (tertiary/aromatic N) is 1. The first-order valence-electron chi connectivity index (χ1n) is 14.4. The molecule has 0 saturated carbocycles. The molecule has 1 aliphatic heterocycles. The third kappa shape index (κ3) is 19.1. The topological polar surface area (TPSA) is 83.5 Å². The van der Waals surface area contributed by atoms with E-state index in [1.165, 1.54) is 97.0 Å². The van der Waals surface area contributed by atoms with Crippen LogP contribution < -0.4 is 0 Å². The second-order valence-corrected chi connectivity index (χ2v) is 12.6. The van der Waals surface area contributed by atoms with E-state index in [2.05, 4.69) is 6.92 Å². The Balaban J connectivity index is 1.99. The normalized spacial score (nSPS) is 21.4. The standard InChI is InChI=1S/C27H56NO7P/c1-6-7-8-9-10-11-12-13-14-15-16-17-18-19-20-21-25-23-33-27(24-32-25)35-36(29,30)34-26(31-5)22-28(2,3)4/h25-27H,6-24H2,1-5H3/p+1/t25-,26?,27+/m0/s1. The van der Waals surface area contributed by atoms with E-state index < -0.39 is 20.4 Å². The van der Waals surface area contributed by atoms with E-state index in [0.29, 0.717) is 17.6 Å². The maximum atomic E-state index is 12.3. The molecule has 0 bridgehead atoms. The van der Waals surface area contributed by atoms with Gasteiger partial charge in [-0.25, -0.2) is 4.57 Å². The number of likely N-dealkylation sites (N-methyl/N-ethyl adjacent to an activating group) is 1. The fourth-order valence-corrected chi connectivity index (χ4v) is 5.33. The molecule has 1 saturated heterocycles. The lowest BCUT2D eigenvalue weighted by molar-refractivity contribution is -0.876. The van der Waals surface area contributed by atoms with Gasteiger partial charge in [0.05, 0.1) is 40.5 Å². The van der Waals surface area contributed by atoms with Crippen molar-refractivity contribution in [3.05, 3.63) is 0 Å². The van der Waals surface area contributed by atoms with E-state index >= 15 is 0 Å². The number of methoxy groups -OCH3 is 1. The zero-order chi connectivity index (χ0) is 26.7. The molecule has 1 heterocycles. The minimum atomic E-state index is -4.33. The number of phosphoric ester groups is 1. The molecule has 0 aromatic rings. The number of unbranched alkanes of at least 4 members (excludes halogenated alkanes) is 14. The van der Waals surface area contributed by atoms with Crippen molar-refractivity contribution in [2.75, 3.05) is 48.0 Å². The van der Waals surface area contributed by atoms with Crippen molar-refractivity contribution in [3.63, 3.8) is 0 Å². The maximum absolute atomic E-state index is 12.3. The summed E-state index contributed by atoms with van der Waals surface area (Å²) in [7, 11) is 2.92. The average Bonchev–Trinajstić information content (AvgIpc) is 2.81. The smallest absolute Gasteiger partial charge is 0.371 e. The predicted octanol–water partition coefficient (Wildman–Crippen LogP) is 6.80. The van der Waals surface area contributed by atoms with E-state index in [1.54, 1.807) is 0 Å². The highest BCUT2D eigenvalue weighted by Crippen LogP contribution is 2.46. The highest BCUT2D eigenvalue weighted by molar-refractivity contribution is 7.47. The number of hydrogen-bond acceptors (Lipinski definition) is 6. The largest absolute Gasteiger partial charge is 0.477 e. The molecule has 0 amide bonds. The van der Waals surface area contributed by atoms with Crippen LogP contribution in [0.1, 0.15) is 110 Å². The average molecular weight is 539 g/mol. The zero-order valence-electron chi connectivity index (χ0n) is 24.0. The fourth-order valence-electron chi connectivity index (χ4n) is 4.42. The van der Waals surface area contributed by atoms with E-state index in [9.17, 15) is 9.46 Å². The summed E-state index contributed by atoms with van der Waals surface area (Å²) in [6.07, 6.45) is 19.4. The molecule has 216 valence electrons.